The van der Waals surface area contributed by atoms with Gasteiger partial charge in [-0.25, -0.2) is 4.98 Å². The minimum absolute atomic E-state index is 0.0315. The van der Waals surface area contributed by atoms with Crippen LogP contribution in [0.3, 0.4) is 0 Å². The number of fused-ring (bicyclic) bond motifs is 1. The van der Waals surface area contributed by atoms with E-state index in [1.807, 2.05) is 24.3 Å². The third kappa shape index (κ3) is 6.11. The van der Waals surface area contributed by atoms with Crippen molar-refractivity contribution in [2.24, 2.45) is 0 Å². The van der Waals surface area contributed by atoms with Crippen LogP contribution < -0.4 is 15.4 Å². The fraction of sp³-hybridized carbons (Fsp3) is 0.300. The molecule has 3 N–H and O–H groups in total. The van der Waals surface area contributed by atoms with Crippen molar-refractivity contribution in [3.8, 4) is 5.75 Å². The molecule has 1 amide bonds. The van der Waals surface area contributed by atoms with Crippen molar-refractivity contribution in [1.29, 1.82) is 0 Å². The second-order valence-electron chi connectivity index (χ2n) is 6.47. The van der Waals surface area contributed by atoms with Gasteiger partial charge in [0.1, 0.15) is 5.75 Å². The third-order valence-electron chi connectivity index (χ3n) is 4.21. The van der Waals surface area contributed by atoms with Crippen molar-refractivity contribution in [1.82, 2.24) is 15.3 Å². The van der Waals surface area contributed by atoms with E-state index in [1.165, 1.54) is 25.3 Å². The number of imidazole rings is 1. The van der Waals surface area contributed by atoms with Gasteiger partial charge in [0.15, 0.2) is 0 Å². The lowest BCUT2D eigenvalue weighted by Crippen LogP contribution is -2.30. The van der Waals surface area contributed by atoms with Crippen molar-refractivity contribution in [3.05, 3.63) is 54.1 Å². The Morgan fingerprint density at radius 2 is 2.00 bits per heavy atom. The molecule has 1 atom stereocenters. The quantitative estimate of drug-likeness (QED) is 0.457. The molecule has 0 aliphatic carbocycles. The van der Waals surface area contributed by atoms with E-state index in [0.717, 1.165) is 11.0 Å². The van der Waals surface area contributed by atoms with Crippen LogP contribution >= 0.6 is 0 Å². The monoisotopic (exact) mass is 422 g/mol. The van der Waals surface area contributed by atoms with Gasteiger partial charge in [-0.15, -0.1) is 13.2 Å². The number of amides is 1. The molecule has 7 nitrogen and oxygen atoms in total. The van der Waals surface area contributed by atoms with Crippen LogP contribution in [-0.2, 0) is 9.53 Å². The molecule has 1 unspecified atom stereocenters. The van der Waals surface area contributed by atoms with Crippen molar-refractivity contribution >= 4 is 22.9 Å². The fourth-order valence-electron chi connectivity index (χ4n) is 2.92. The Labute approximate surface area is 170 Å². The number of benzene rings is 2. The molecule has 1 aromatic heterocycles. The van der Waals surface area contributed by atoms with Gasteiger partial charge < -0.3 is 25.1 Å². The average Bonchev–Trinajstić information content (AvgIpc) is 3.09. The smallest absolute Gasteiger partial charge is 0.406 e. The number of carbonyl (C=O) groups excluding carboxylic acids is 1. The second-order valence-corrected chi connectivity index (χ2v) is 6.47. The first-order valence-corrected chi connectivity index (χ1v) is 9.16. The van der Waals surface area contributed by atoms with Crippen molar-refractivity contribution in [2.45, 2.75) is 18.8 Å². The number of nitrogens with one attached hydrogen (secondary N) is 3. The molecule has 30 heavy (non-hydrogen) atoms. The van der Waals surface area contributed by atoms with Gasteiger partial charge >= 0.3 is 6.36 Å². The van der Waals surface area contributed by atoms with Crippen LogP contribution in [0.1, 0.15) is 18.0 Å². The van der Waals surface area contributed by atoms with E-state index in [4.69, 9.17) is 4.74 Å². The van der Waals surface area contributed by atoms with E-state index >= 15 is 0 Å². The van der Waals surface area contributed by atoms with Gasteiger partial charge in [0.2, 0.25) is 11.9 Å². The van der Waals surface area contributed by atoms with Crippen LogP contribution in [0.25, 0.3) is 11.0 Å². The Hall–Kier alpha value is -3.27. The standard InChI is InChI=1S/C20H21F3N4O3/c1-29-10-9-24-18(28)12-17(13-5-4-6-14(11-13)30-20(21,22)23)27-19-25-15-7-2-3-8-16(15)26-19/h2-8,11,17H,9-10,12H2,1H3,(H,24,28)(H2,25,26,27). The van der Waals surface area contributed by atoms with Gasteiger partial charge in [-0.1, -0.05) is 24.3 Å². The lowest BCUT2D eigenvalue weighted by atomic mass is 10.0. The normalized spacial score (nSPS) is 12.5. The van der Waals surface area contributed by atoms with E-state index in [0.29, 0.717) is 24.7 Å². The summed E-state index contributed by atoms with van der Waals surface area (Å²) in [6.07, 6.45) is -4.84. The topological polar surface area (TPSA) is 88.3 Å². The molecule has 0 saturated heterocycles. The third-order valence-corrected chi connectivity index (χ3v) is 4.21. The number of rotatable bonds is 9. The summed E-state index contributed by atoms with van der Waals surface area (Å²) in [4.78, 5) is 19.8. The fourth-order valence-corrected chi connectivity index (χ4v) is 2.92. The maximum Gasteiger partial charge on any atom is 0.573 e. The summed E-state index contributed by atoms with van der Waals surface area (Å²) in [5.74, 6) is -0.257. The van der Waals surface area contributed by atoms with Crippen LogP contribution in [0.2, 0.25) is 0 Å². The molecule has 3 aromatic rings. The molecular weight excluding hydrogens is 401 g/mol. The molecule has 0 spiro atoms. The summed E-state index contributed by atoms with van der Waals surface area (Å²) in [6.45, 7) is 0.673. The van der Waals surface area contributed by atoms with Crippen molar-refractivity contribution in [3.63, 3.8) is 0 Å². The van der Waals surface area contributed by atoms with Crippen LogP contribution in [0.15, 0.2) is 48.5 Å². The predicted molar refractivity (Wildman–Crippen MR) is 105 cm³/mol. The molecule has 0 radical (unpaired) electrons. The average molecular weight is 422 g/mol. The van der Waals surface area contributed by atoms with Gasteiger partial charge in [-0.3, -0.25) is 4.79 Å². The molecule has 10 heteroatoms. The predicted octanol–water partition coefficient (Wildman–Crippen LogP) is 3.77. The van der Waals surface area contributed by atoms with Gasteiger partial charge in [0, 0.05) is 13.7 Å². The van der Waals surface area contributed by atoms with Gasteiger partial charge in [-0.2, -0.15) is 0 Å². The van der Waals surface area contributed by atoms with Crippen molar-refractivity contribution < 1.29 is 27.4 Å². The number of aromatic amines is 1. The Kier molecular flexibility index (Phi) is 6.78. The van der Waals surface area contributed by atoms with E-state index in [1.54, 1.807) is 6.07 Å². The number of nitrogens with zero attached hydrogens (tertiary/aromatic N) is 1. The van der Waals surface area contributed by atoms with E-state index in [-0.39, 0.29) is 18.1 Å². The lowest BCUT2D eigenvalue weighted by Gasteiger charge is -2.19. The number of alkyl halides is 3. The van der Waals surface area contributed by atoms with E-state index < -0.39 is 12.4 Å². The zero-order valence-corrected chi connectivity index (χ0v) is 16.1. The van der Waals surface area contributed by atoms with Gasteiger partial charge in [0.05, 0.1) is 30.1 Å². The Morgan fingerprint density at radius 1 is 1.20 bits per heavy atom. The lowest BCUT2D eigenvalue weighted by molar-refractivity contribution is -0.274. The molecule has 160 valence electrons. The molecule has 2 aromatic carbocycles. The van der Waals surface area contributed by atoms with Crippen molar-refractivity contribution in [2.75, 3.05) is 25.6 Å². The molecule has 1 heterocycles. The first-order valence-electron chi connectivity index (χ1n) is 9.16. The number of methoxy groups -OCH3 is 1. The summed E-state index contributed by atoms with van der Waals surface area (Å²) >= 11 is 0. The van der Waals surface area contributed by atoms with Gasteiger partial charge in [-0.05, 0) is 29.8 Å². The number of carbonyl (C=O) groups is 1. The number of hydrogen-bond acceptors (Lipinski definition) is 5. The largest absolute Gasteiger partial charge is 0.573 e. The summed E-state index contributed by atoms with van der Waals surface area (Å²) in [5.41, 5.74) is 1.95. The number of hydrogen-bond donors (Lipinski definition) is 3. The number of aromatic nitrogens is 2. The maximum absolute atomic E-state index is 12.6. The minimum Gasteiger partial charge on any atom is -0.406 e. The molecule has 0 aliphatic heterocycles. The molecule has 0 bridgehead atoms. The molecule has 0 aliphatic rings. The summed E-state index contributed by atoms with van der Waals surface area (Å²) in [7, 11) is 1.52. The molecule has 0 saturated carbocycles. The summed E-state index contributed by atoms with van der Waals surface area (Å²) in [5, 5.41) is 5.80. The Balaban J connectivity index is 1.83. The zero-order valence-electron chi connectivity index (χ0n) is 16.1. The number of anilines is 1. The molecule has 0 fully saturated rings. The highest BCUT2D eigenvalue weighted by atomic mass is 19.4. The van der Waals surface area contributed by atoms with E-state index in [9.17, 15) is 18.0 Å². The first kappa shape index (κ1) is 21.4. The van der Waals surface area contributed by atoms with Gasteiger partial charge in [0.25, 0.3) is 0 Å². The second kappa shape index (κ2) is 9.49. The van der Waals surface area contributed by atoms with Crippen LogP contribution in [0.5, 0.6) is 5.75 Å². The first-order chi connectivity index (χ1) is 14.3. The van der Waals surface area contributed by atoms with Crippen LogP contribution in [-0.4, -0.2) is 42.5 Å². The summed E-state index contributed by atoms with van der Waals surface area (Å²) < 4.78 is 46.7. The highest BCUT2D eigenvalue weighted by Gasteiger charge is 2.31. The van der Waals surface area contributed by atoms with Crippen LogP contribution in [0.4, 0.5) is 19.1 Å². The zero-order chi connectivity index (χ0) is 21.6. The number of halogens is 3. The Bertz CT molecular complexity index is 958. The number of para-hydroxylation sites is 2. The molecular formula is C20H21F3N4O3. The molecule has 3 rings (SSSR count). The summed E-state index contributed by atoms with van der Waals surface area (Å²) in [6, 6.07) is 12.2. The Morgan fingerprint density at radius 3 is 2.73 bits per heavy atom. The van der Waals surface area contributed by atoms with E-state index in [2.05, 4.69) is 25.3 Å². The number of H-pyrrole nitrogens is 1. The highest BCUT2D eigenvalue weighted by Crippen LogP contribution is 2.28. The minimum atomic E-state index is -4.81. The SMILES string of the molecule is COCCNC(=O)CC(Nc1nc2ccccc2[nH]1)c1cccc(OC(F)(F)F)c1. The maximum atomic E-state index is 12.6. The highest BCUT2D eigenvalue weighted by molar-refractivity contribution is 5.79. The van der Waals surface area contributed by atoms with Crippen LogP contribution in [0, 0.1) is 0 Å². The number of ether oxygens (including phenoxy) is 2.